The average molecular weight is 585 g/mol. The number of carbonyl (C=O) groups is 1. The first-order chi connectivity index (χ1) is 17.5. The van der Waals surface area contributed by atoms with E-state index in [-0.39, 0.29) is 18.2 Å². The predicted molar refractivity (Wildman–Crippen MR) is 171 cm³/mol. The average Bonchev–Trinajstić information content (AvgIpc) is 2.75. The lowest BCUT2D eigenvalue weighted by Crippen LogP contribution is -2.44. The van der Waals surface area contributed by atoms with E-state index in [1.54, 1.807) is 0 Å². The van der Waals surface area contributed by atoms with Gasteiger partial charge in [-0.2, -0.15) is 0 Å². The maximum Gasteiger partial charge on any atom is 0.305 e. The Labute approximate surface area is 238 Å². The quantitative estimate of drug-likeness (QED) is 0.0583. The van der Waals surface area contributed by atoms with E-state index in [0.717, 1.165) is 51.4 Å². The standard InChI is InChI=1S/C30H60O5Si3/c1-27(33-36(3,4)5)23-22-25-29(35-38(9,10)11)28(34-37(6,7)8)24-20-18-16-14-12-13-15-17-19-21-26-30(31)32-2/h12,14-15,17-18,20,27-29H,13,16,19,21-26H2,1-11H3/b14-12-,17-15-,20-18-. The van der Waals surface area contributed by atoms with Crippen LogP contribution in [0.4, 0.5) is 0 Å². The van der Waals surface area contributed by atoms with E-state index in [4.69, 9.17) is 13.3 Å². The molecular weight excluding hydrogens is 525 g/mol. The molecule has 0 spiro atoms. The molecule has 0 aliphatic rings. The second-order valence-electron chi connectivity index (χ2n) is 13.1. The van der Waals surface area contributed by atoms with Crippen LogP contribution in [0.2, 0.25) is 58.9 Å². The first kappa shape index (κ1) is 37.2. The Morgan fingerprint density at radius 3 is 1.68 bits per heavy atom. The molecule has 222 valence electrons. The molecule has 0 rings (SSSR count). The first-order valence-electron chi connectivity index (χ1n) is 14.6. The highest BCUT2D eigenvalue weighted by atomic mass is 28.4. The SMILES string of the molecule is COC(=O)CCC/C=C\C/C=C\C/C=C\CC(O[Si](C)(C)C)C(CCCC(C)O[Si](C)(C)C)O[Si](C)(C)C. The molecule has 0 N–H and O–H groups in total. The molecule has 0 aromatic rings. The summed E-state index contributed by atoms with van der Waals surface area (Å²) < 4.78 is 24.3. The second-order valence-corrected chi connectivity index (χ2v) is 26.5. The molecule has 3 atom stereocenters. The van der Waals surface area contributed by atoms with Crippen LogP contribution in [0.1, 0.15) is 64.7 Å². The van der Waals surface area contributed by atoms with Crippen molar-refractivity contribution in [3.63, 3.8) is 0 Å². The molecule has 0 aliphatic carbocycles. The highest BCUT2D eigenvalue weighted by Crippen LogP contribution is 2.24. The lowest BCUT2D eigenvalue weighted by atomic mass is 10.0. The zero-order chi connectivity index (χ0) is 29.2. The number of unbranched alkanes of at least 4 members (excludes halogenated alkanes) is 1. The number of hydrogen-bond donors (Lipinski definition) is 0. The summed E-state index contributed by atoms with van der Waals surface area (Å²) in [6, 6.07) is 0. The van der Waals surface area contributed by atoms with Crippen molar-refractivity contribution < 1.29 is 22.8 Å². The molecule has 0 saturated carbocycles. The van der Waals surface area contributed by atoms with E-state index >= 15 is 0 Å². The van der Waals surface area contributed by atoms with Crippen molar-refractivity contribution >= 4 is 30.9 Å². The maximum absolute atomic E-state index is 11.1. The number of allylic oxidation sites excluding steroid dienone is 5. The molecule has 38 heavy (non-hydrogen) atoms. The van der Waals surface area contributed by atoms with E-state index in [1.165, 1.54) is 7.11 Å². The molecule has 0 fully saturated rings. The number of hydrogen-bond acceptors (Lipinski definition) is 5. The molecule has 0 heterocycles. The van der Waals surface area contributed by atoms with Crippen LogP contribution in [0.15, 0.2) is 36.5 Å². The van der Waals surface area contributed by atoms with E-state index in [2.05, 4.69) is 107 Å². The fourth-order valence-corrected chi connectivity index (χ4v) is 7.79. The summed E-state index contributed by atoms with van der Waals surface area (Å²) in [5.74, 6) is -0.136. The van der Waals surface area contributed by atoms with Crippen LogP contribution in [0.3, 0.4) is 0 Å². The topological polar surface area (TPSA) is 54.0 Å². The second kappa shape index (κ2) is 19.3. The molecule has 8 heteroatoms. The van der Waals surface area contributed by atoms with Crippen LogP contribution in [-0.2, 0) is 22.8 Å². The number of esters is 1. The molecule has 5 nitrogen and oxygen atoms in total. The maximum atomic E-state index is 11.1. The number of carbonyl (C=O) groups excluding carboxylic acids is 1. The van der Waals surface area contributed by atoms with Gasteiger partial charge in [-0.25, -0.2) is 0 Å². The Morgan fingerprint density at radius 2 is 1.16 bits per heavy atom. The summed E-state index contributed by atoms with van der Waals surface area (Å²) in [6.07, 6.45) is 21.8. The Bertz CT molecular complexity index is 715. The van der Waals surface area contributed by atoms with Crippen LogP contribution in [0, 0.1) is 0 Å². The lowest BCUT2D eigenvalue weighted by molar-refractivity contribution is -0.140. The van der Waals surface area contributed by atoms with Gasteiger partial charge in [-0.15, -0.1) is 0 Å². The van der Waals surface area contributed by atoms with Gasteiger partial charge in [0.2, 0.25) is 0 Å². The van der Waals surface area contributed by atoms with Gasteiger partial charge in [-0.1, -0.05) is 36.5 Å². The van der Waals surface area contributed by atoms with Crippen molar-refractivity contribution in [3.8, 4) is 0 Å². The van der Waals surface area contributed by atoms with Gasteiger partial charge in [0.1, 0.15) is 0 Å². The highest BCUT2D eigenvalue weighted by Gasteiger charge is 2.31. The zero-order valence-electron chi connectivity index (χ0n) is 26.6. The van der Waals surface area contributed by atoms with Crippen LogP contribution in [-0.4, -0.2) is 56.3 Å². The molecule has 0 aromatic carbocycles. The van der Waals surface area contributed by atoms with Gasteiger partial charge >= 0.3 is 5.97 Å². The van der Waals surface area contributed by atoms with Gasteiger partial charge in [-0.3, -0.25) is 4.79 Å². The van der Waals surface area contributed by atoms with Crippen molar-refractivity contribution in [3.05, 3.63) is 36.5 Å². The Hall–Kier alpha value is -0.779. The summed E-state index contributed by atoms with van der Waals surface area (Å²) in [7, 11) is -3.52. The monoisotopic (exact) mass is 584 g/mol. The van der Waals surface area contributed by atoms with Crippen molar-refractivity contribution in [2.45, 2.75) is 142 Å². The molecule has 0 aliphatic heterocycles. The van der Waals surface area contributed by atoms with Gasteiger partial charge in [0, 0.05) is 12.5 Å². The molecular formula is C30H60O5Si3. The predicted octanol–water partition coefficient (Wildman–Crippen LogP) is 9.02. The third kappa shape index (κ3) is 24.3. The molecule has 0 saturated heterocycles. The van der Waals surface area contributed by atoms with E-state index in [9.17, 15) is 4.79 Å². The van der Waals surface area contributed by atoms with Gasteiger partial charge in [0.05, 0.1) is 19.3 Å². The minimum absolute atomic E-state index is 0.0924. The summed E-state index contributed by atoms with van der Waals surface area (Å²) >= 11 is 0. The fraction of sp³-hybridized carbons (Fsp3) is 0.767. The van der Waals surface area contributed by atoms with Gasteiger partial charge in [0.25, 0.3) is 0 Å². The van der Waals surface area contributed by atoms with E-state index < -0.39 is 25.0 Å². The third-order valence-corrected chi connectivity index (χ3v) is 8.60. The van der Waals surface area contributed by atoms with Crippen LogP contribution >= 0.6 is 0 Å². The Balaban J connectivity index is 4.89. The zero-order valence-corrected chi connectivity index (χ0v) is 29.6. The highest BCUT2D eigenvalue weighted by molar-refractivity contribution is 6.70. The van der Waals surface area contributed by atoms with Gasteiger partial charge in [0.15, 0.2) is 25.0 Å². The number of methoxy groups -OCH3 is 1. The van der Waals surface area contributed by atoms with Gasteiger partial charge in [-0.05, 0) is 117 Å². The Morgan fingerprint density at radius 1 is 0.658 bits per heavy atom. The van der Waals surface area contributed by atoms with Crippen LogP contribution in [0.25, 0.3) is 0 Å². The number of ether oxygens (including phenoxy) is 1. The number of rotatable bonds is 21. The van der Waals surface area contributed by atoms with E-state index in [1.807, 2.05) is 0 Å². The van der Waals surface area contributed by atoms with Gasteiger partial charge < -0.3 is 18.0 Å². The van der Waals surface area contributed by atoms with Crippen LogP contribution in [0.5, 0.6) is 0 Å². The summed E-state index contributed by atoms with van der Waals surface area (Å²) in [5, 5.41) is 0. The van der Waals surface area contributed by atoms with Crippen molar-refractivity contribution in [1.29, 1.82) is 0 Å². The van der Waals surface area contributed by atoms with E-state index in [0.29, 0.717) is 12.5 Å². The lowest BCUT2D eigenvalue weighted by Gasteiger charge is -2.36. The van der Waals surface area contributed by atoms with Crippen molar-refractivity contribution in [2.75, 3.05) is 7.11 Å². The first-order valence-corrected chi connectivity index (χ1v) is 24.8. The summed E-state index contributed by atoms with van der Waals surface area (Å²) in [4.78, 5) is 11.1. The van der Waals surface area contributed by atoms with Crippen LogP contribution < -0.4 is 0 Å². The molecule has 0 radical (unpaired) electrons. The Kier molecular flexibility index (Phi) is 18.9. The molecule has 0 aromatic heterocycles. The smallest absolute Gasteiger partial charge is 0.305 e. The third-order valence-electron chi connectivity index (χ3n) is 5.47. The largest absolute Gasteiger partial charge is 0.469 e. The van der Waals surface area contributed by atoms with Crippen molar-refractivity contribution in [1.82, 2.24) is 0 Å². The minimum Gasteiger partial charge on any atom is -0.469 e. The molecule has 0 amide bonds. The molecule has 3 unspecified atom stereocenters. The minimum atomic E-state index is -1.72. The van der Waals surface area contributed by atoms with Crippen molar-refractivity contribution in [2.24, 2.45) is 0 Å². The summed E-state index contributed by atoms with van der Waals surface area (Å²) in [6.45, 7) is 22.6. The summed E-state index contributed by atoms with van der Waals surface area (Å²) in [5.41, 5.74) is 0. The normalized spacial score (nSPS) is 16.0. The fourth-order valence-electron chi connectivity index (χ4n) is 4.13. The molecule has 0 bridgehead atoms.